The Kier molecular flexibility index (Phi) is 3.60. The van der Waals surface area contributed by atoms with Crippen molar-refractivity contribution in [3.05, 3.63) is 50.7 Å². The molecule has 0 atom stereocenters. The maximum atomic E-state index is 6.10. The van der Waals surface area contributed by atoms with Crippen molar-refractivity contribution in [1.29, 1.82) is 0 Å². The number of nitrogens with zero attached hydrogens (tertiary/aromatic N) is 1. The third kappa shape index (κ3) is 2.14. The predicted molar refractivity (Wildman–Crippen MR) is 69.7 cm³/mol. The fraction of sp³-hybridized carbons (Fsp3) is 0. The lowest BCUT2D eigenvalue weighted by atomic mass is 10.1. The highest BCUT2D eigenvalue weighted by Crippen LogP contribution is 2.41. The SMILES string of the molecule is Clc1ccncc1-c1c(Cl)ccc(Cl)c1Cl. The Morgan fingerprint density at radius 1 is 0.812 bits per heavy atom. The largest absolute Gasteiger partial charge is 0.264 e. The molecule has 0 aliphatic carbocycles. The van der Waals surface area contributed by atoms with Crippen molar-refractivity contribution in [1.82, 2.24) is 4.98 Å². The van der Waals surface area contributed by atoms with Crippen molar-refractivity contribution < 1.29 is 0 Å². The van der Waals surface area contributed by atoms with E-state index in [1.807, 2.05) is 0 Å². The number of benzene rings is 1. The molecule has 2 aromatic rings. The van der Waals surface area contributed by atoms with Gasteiger partial charge in [-0.05, 0) is 18.2 Å². The van der Waals surface area contributed by atoms with E-state index in [0.29, 0.717) is 31.2 Å². The molecule has 0 unspecified atom stereocenters. The number of pyridine rings is 1. The molecule has 2 rings (SSSR count). The Bertz CT molecular complexity index is 540. The van der Waals surface area contributed by atoms with Gasteiger partial charge < -0.3 is 0 Å². The van der Waals surface area contributed by atoms with E-state index in [1.54, 1.807) is 30.6 Å². The van der Waals surface area contributed by atoms with Gasteiger partial charge in [-0.3, -0.25) is 4.98 Å². The summed E-state index contributed by atoms with van der Waals surface area (Å²) >= 11 is 24.2. The summed E-state index contributed by atoms with van der Waals surface area (Å²) in [5.74, 6) is 0. The molecule has 0 amide bonds. The van der Waals surface area contributed by atoms with E-state index in [9.17, 15) is 0 Å². The van der Waals surface area contributed by atoms with Crippen LogP contribution >= 0.6 is 46.4 Å². The molecule has 1 aromatic heterocycles. The van der Waals surface area contributed by atoms with Crippen LogP contribution in [0.2, 0.25) is 20.1 Å². The minimum Gasteiger partial charge on any atom is -0.264 e. The molecule has 0 spiro atoms. The zero-order valence-corrected chi connectivity index (χ0v) is 10.9. The van der Waals surface area contributed by atoms with Crippen LogP contribution in [0, 0.1) is 0 Å². The summed E-state index contributed by atoms with van der Waals surface area (Å²) in [4.78, 5) is 3.99. The quantitative estimate of drug-likeness (QED) is 0.645. The molecule has 82 valence electrons. The Hall–Kier alpha value is -0.470. The van der Waals surface area contributed by atoms with Gasteiger partial charge in [0.2, 0.25) is 0 Å². The van der Waals surface area contributed by atoms with E-state index >= 15 is 0 Å². The first kappa shape index (κ1) is 12.0. The third-order valence-electron chi connectivity index (χ3n) is 2.08. The molecular weight excluding hydrogens is 288 g/mol. The number of rotatable bonds is 1. The first-order valence-electron chi connectivity index (χ1n) is 4.34. The molecule has 1 heterocycles. The van der Waals surface area contributed by atoms with E-state index in [1.165, 1.54) is 0 Å². The van der Waals surface area contributed by atoms with Crippen LogP contribution in [-0.2, 0) is 0 Å². The van der Waals surface area contributed by atoms with Crippen molar-refractivity contribution in [2.24, 2.45) is 0 Å². The average molecular weight is 293 g/mol. The van der Waals surface area contributed by atoms with Crippen molar-refractivity contribution in [2.75, 3.05) is 0 Å². The van der Waals surface area contributed by atoms with Crippen molar-refractivity contribution in [3.8, 4) is 11.1 Å². The lowest BCUT2D eigenvalue weighted by molar-refractivity contribution is 1.33. The highest BCUT2D eigenvalue weighted by atomic mass is 35.5. The molecule has 0 bridgehead atoms. The number of hydrogen-bond acceptors (Lipinski definition) is 1. The minimum absolute atomic E-state index is 0.379. The van der Waals surface area contributed by atoms with Crippen LogP contribution in [0.5, 0.6) is 0 Å². The van der Waals surface area contributed by atoms with Crippen LogP contribution in [0.15, 0.2) is 30.6 Å². The maximum absolute atomic E-state index is 6.10. The number of hydrogen-bond donors (Lipinski definition) is 0. The molecule has 0 saturated heterocycles. The van der Waals surface area contributed by atoms with Gasteiger partial charge in [-0.15, -0.1) is 0 Å². The van der Waals surface area contributed by atoms with E-state index in [4.69, 9.17) is 46.4 Å². The lowest BCUT2D eigenvalue weighted by Gasteiger charge is -2.09. The Morgan fingerprint density at radius 2 is 1.50 bits per heavy atom. The van der Waals surface area contributed by atoms with Gasteiger partial charge in [0.15, 0.2) is 0 Å². The third-order valence-corrected chi connectivity index (χ3v) is 3.53. The molecule has 1 nitrogen and oxygen atoms in total. The molecule has 0 saturated carbocycles. The van der Waals surface area contributed by atoms with Gasteiger partial charge in [0.05, 0.1) is 20.1 Å². The average Bonchev–Trinajstić information content (AvgIpc) is 2.27. The van der Waals surface area contributed by atoms with Crippen LogP contribution in [-0.4, -0.2) is 4.98 Å². The van der Waals surface area contributed by atoms with Gasteiger partial charge in [0, 0.05) is 23.5 Å². The van der Waals surface area contributed by atoms with Crippen molar-refractivity contribution >= 4 is 46.4 Å². The van der Waals surface area contributed by atoms with Crippen molar-refractivity contribution in [2.45, 2.75) is 0 Å². The Labute approximate surface area is 113 Å². The summed E-state index contributed by atoms with van der Waals surface area (Å²) < 4.78 is 0. The molecule has 0 aliphatic rings. The Morgan fingerprint density at radius 3 is 2.19 bits per heavy atom. The number of aromatic nitrogens is 1. The summed E-state index contributed by atoms with van der Waals surface area (Å²) in [5.41, 5.74) is 1.27. The van der Waals surface area contributed by atoms with E-state index < -0.39 is 0 Å². The van der Waals surface area contributed by atoms with Crippen LogP contribution < -0.4 is 0 Å². The molecule has 0 fully saturated rings. The first-order valence-corrected chi connectivity index (χ1v) is 5.86. The summed E-state index contributed by atoms with van der Waals surface area (Å²) in [7, 11) is 0. The summed E-state index contributed by atoms with van der Waals surface area (Å²) in [5, 5.41) is 1.83. The normalized spacial score (nSPS) is 10.5. The molecule has 0 aliphatic heterocycles. The standard InChI is InChI=1S/C11H5Cl4N/c12-7-3-4-16-5-6(7)10-8(13)1-2-9(14)11(10)15/h1-5H. The highest BCUT2D eigenvalue weighted by molar-refractivity contribution is 6.46. The monoisotopic (exact) mass is 291 g/mol. The Balaban J connectivity index is 2.74. The van der Waals surface area contributed by atoms with Gasteiger partial charge in [-0.1, -0.05) is 46.4 Å². The van der Waals surface area contributed by atoms with E-state index in [-0.39, 0.29) is 0 Å². The van der Waals surface area contributed by atoms with Crippen LogP contribution in [0.25, 0.3) is 11.1 Å². The van der Waals surface area contributed by atoms with Crippen LogP contribution in [0.1, 0.15) is 0 Å². The molecule has 5 heteroatoms. The number of halogens is 4. The molecule has 1 aromatic carbocycles. The summed E-state index contributed by atoms with van der Waals surface area (Å²) in [6.07, 6.45) is 3.20. The molecule has 0 radical (unpaired) electrons. The predicted octanol–water partition coefficient (Wildman–Crippen LogP) is 5.36. The van der Waals surface area contributed by atoms with Gasteiger partial charge >= 0.3 is 0 Å². The van der Waals surface area contributed by atoms with Crippen LogP contribution in [0.3, 0.4) is 0 Å². The summed E-state index contributed by atoms with van der Waals surface area (Å²) in [6.45, 7) is 0. The first-order chi connectivity index (χ1) is 7.61. The van der Waals surface area contributed by atoms with Crippen LogP contribution in [0.4, 0.5) is 0 Å². The lowest BCUT2D eigenvalue weighted by Crippen LogP contribution is -1.85. The zero-order valence-electron chi connectivity index (χ0n) is 7.85. The topological polar surface area (TPSA) is 12.9 Å². The highest BCUT2D eigenvalue weighted by Gasteiger charge is 2.14. The van der Waals surface area contributed by atoms with Crippen molar-refractivity contribution in [3.63, 3.8) is 0 Å². The second-order valence-corrected chi connectivity index (χ2v) is 4.67. The molecule has 16 heavy (non-hydrogen) atoms. The maximum Gasteiger partial charge on any atom is 0.0686 e. The van der Waals surface area contributed by atoms with E-state index in [0.717, 1.165) is 0 Å². The molecule has 0 N–H and O–H groups in total. The molecular formula is C11H5Cl4N. The second-order valence-electron chi connectivity index (χ2n) is 3.07. The smallest absolute Gasteiger partial charge is 0.0686 e. The minimum atomic E-state index is 0.379. The fourth-order valence-corrected chi connectivity index (χ4v) is 2.27. The second kappa shape index (κ2) is 4.80. The zero-order chi connectivity index (χ0) is 11.7. The van der Waals surface area contributed by atoms with Gasteiger partial charge in [-0.2, -0.15) is 0 Å². The fourth-order valence-electron chi connectivity index (χ4n) is 1.34. The van der Waals surface area contributed by atoms with Gasteiger partial charge in [0.25, 0.3) is 0 Å². The van der Waals surface area contributed by atoms with Gasteiger partial charge in [0.1, 0.15) is 0 Å². The summed E-state index contributed by atoms with van der Waals surface area (Å²) in [6, 6.07) is 4.98. The van der Waals surface area contributed by atoms with Gasteiger partial charge in [-0.25, -0.2) is 0 Å². The van der Waals surface area contributed by atoms with E-state index in [2.05, 4.69) is 4.98 Å².